The number of rotatable bonds is 4. The summed E-state index contributed by atoms with van der Waals surface area (Å²) in [5.41, 5.74) is 0.837. The van der Waals surface area contributed by atoms with Crippen molar-refractivity contribution >= 4 is 23.4 Å². The molecule has 0 aromatic heterocycles. The van der Waals surface area contributed by atoms with Crippen LogP contribution in [0.25, 0.3) is 0 Å². The van der Waals surface area contributed by atoms with E-state index < -0.39 is 12.1 Å². The molecule has 0 radical (unpaired) electrons. The molecule has 102 valence electrons. The Bertz CT molecular complexity index is 623. The third-order valence-electron chi connectivity index (χ3n) is 2.77. The number of hydrogen-bond donors (Lipinski definition) is 0. The minimum Gasteiger partial charge on any atom is -0.451 e. The van der Waals surface area contributed by atoms with E-state index in [-0.39, 0.29) is 5.78 Å². The van der Waals surface area contributed by atoms with Gasteiger partial charge in [-0.05, 0) is 25.1 Å². The summed E-state index contributed by atoms with van der Waals surface area (Å²) in [7, 11) is 0. The average molecular weight is 289 g/mol. The molecule has 20 heavy (non-hydrogen) atoms. The summed E-state index contributed by atoms with van der Waals surface area (Å²) in [5.74, 6) is -0.801. The number of benzene rings is 2. The van der Waals surface area contributed by atoms with Crippen LogP contribution in [0, 0.1) is 0 Å². The quantitative estimate of drug-likeness (QED) is 0.635. The van der Waals surface area contributed by atoms with Crippen LogP contribution in [0.4, 0.5) is 0 Å². The van der Waals surface area contributed by atoms with Gasteiger partial charge in [-0.2, -0.15) is 0 Å². The zero-order valence-corrected chi connectivity index (χ0v) is 11.6. The molecule has 0 bridgehead atoms. The van der Waals surface area contributed by atoms with Crippen molar-refractivity contribution in [3.63, 3.8) is 0 Å². The maximum absolute atomic E-state index is 12.1. The summed E-state index contributed by atoms with van der Waals surface area (Å²) in [6, 6.07) is 15.1. The highest BCUT2D eigenvalue weighted by Gasteiger charge is 2.20. The van der Waals surface area contributed by atoms with Crippen molar-refractivity contribution in [2.24, 2.45) is 0 Å². The van der Waals surface area contributed by atoms with Crippen molar-refractivity contribution < 1.29 is 14.3 Å². The molecule has 0 saturated carbocycles. The van der Waals surface area contributed by atoms with Gasteiger partial charge < -0.3 is 4.74 Å². The zero-order valence-electron chi connectivity index (χ0n) is 10.9. The molecule has 0 fully saturated rings. The Morgan fingerprint density at radius 1 is 1.00 bits per heavy atom. The average Bonchev–Trinajstić information content (AvgIpc) is 2.47. The minimum absolute atomic E-state index is 0.235. The van der Waals surface area contributed by atoms with Crippen LogP contribution >= 0.6 is 11.6 Å². The molecule has 0 saturated heterocycles. The third kappa shape index (κ3) is 3.45. The van der Waals surface area contributed by atoms with Gasteiger partial charge in [0.25, 0.3) is 0 Å². The van der Waals surface area contributed by atoms with E-state index >= 15 is 0 Å². The van der Waals surface area contributed by atoms with Crippen LogP contribution < -0.4 is 0 Å². The van der Waals surface area contributed by atoms with Gasteiger partial charge in [-0.25, -0.2) is 4.79 Å². The third-order valence-corrected chi connectivity index (χ3v) is 3.01. The molecule has 3 nitrogen and oxygen atoms in total. The first-order chi connectivity index (χ1) is 9.58. The Morgan fingerprint density at radius 3 is 2.30 bits per heavy atom. The van der Waals surface area contributed by atoms with Crippen molar-refractivity contribution in [3.05, 3.63) is 70.7 Å². The first kappa shape index (κ1) is 14.3. The van der Waals surface area contributed by atoms with Gasteiger partial charge in [0.1, 0.15) is 0 Å². The lowest BCUT2D eigenvalue weighted by atomic mass is 10.1. The zero-order chi connectivity index (χ0) is 14.5. The van der Waals surface area contributed by atoms with Crippen molar-refractivity contribution in [2.75, 3.05) is 0 Å². The van der Waals surface area contributed by atoms with E-state index in [2.05, 4.69) is 0 Å². The van der Waals surface area contributed by atoms with Gasteiger partial charge in [0.05, 0.1) is 5.56 Å². The monoisotopic (exact) mass is 288 g/mol. The van der Waals surface area contributed by atoms with Crippen molar-refractivity contribution in [1.29, 1.82) is 0 Å². The van der Waals surface area contributed by atoms with Crippen LogP contribution in [0.5, 0.6) is 0 Å². The number of halogens is 1. The van der Waals surface area contributed by atoms with Crippen LogP contribution in [-0.2, 0) is 4.74 Å². The molecule has 0 heterocycles. The number of ketones is 1. The van der Waals surface area contributed by atoms with Gasteiger partial charge in [-0.3, -0.25) is 4.79 Å². The number of carbonyl (C=O) groups is 2. The molecule has 4 heteroatoms. The van der Waals surface area contributed by atoms with Crippen LogP contribution in [0.1, 0.15) is 27.6 Å². The van der Waals surface area contributed by atoms with E-state index in [1.165, 1.54) is 6.07 Å². The highest BCUT2D eigenvalue weighted by atomic mass is 35.5. The van der Waals surface area contributed by atoms with E-state index in [9.17, 15) is 9.59 Å². The second kappa shape index (κ2) is 6.35. The first-order valence-electron chi connectivity index (χ1n) is 6.14. The fourth-order valence-electron chi connectivity index (χ4n) is 1.73. The summed E-state index contributed by atoms with van der Waals surface area (Å²) in [6.07, 6.45) is -0.844. The Labute approximate surface area is 122 Å². The number of Topliss-reactive ketones (excluding diaryl/α,β-unsaturated/α-hetero) is 1. The fraction of sp³-hybridized carbons (Fsp3) is 0.125. The largest absolute Gasteiger partial charge is 0.451 e. The van der Waals surface area contributed by atoms with E-state index in [0.29, 0.717) is 16.1 Å². The summed E-state index contributed by atoms with van der Waals surface area (Å²) in [4.78, 5) is 24.0. The number of ether oxygens (including phenoxy) is 1. The molecule has 2 aromatic carbocycles. The first-order valence-corrected chi connectivity index (χ1v) is 6.51. The van der Waals surface area contributed by atoms with Crippen LogP contribution in [-0.4, -0.2) is 17.9 Å². The summed E-state index contributed by atoms with van der Waals surface area (Å²) in [6.45, 7) is 1.55. The lowest BCUT2D eigenvalue weighted by Gasteiger charge is -2.12. The molecular formula is C16H13ClO3. The Hall–Kier alpha value is -2.13. The van der Waals surface area contributed by atoms with E-state index in [4.69, 9.17) is 16.3 Å². The standard InChI is InChI=1S/C16H13ClO3/c1-11(15(18)12-6-3-2-4-7-12)20-16(19)13-8-5-9-14(17)10-13/h2-11H,1H3/t11-/m1/s1. The second-order valence-corrected chi connectivity index (χ2v) is 4.72. The molecule has 2 aromatic rings. The smallest absolute Gasteiger partial charge is 0.338 e. The van der Waals surface area contributed by atoms with Gasteiger partial charge in [0, 0.05) is 10.6 Å². The Balaban J connectivity index is 2.06. The number of hydrogen-bond acceptors (Lipinski definition) is 3. The van der Waals surface area contributed by atoms with Gasteiger partial charge >= 0.3 is 5.97 Å². The Morgan fingerprint density at radius 2 is 1.65 bits per heavy atom. The predicted molar refractivity (Wildman–Crippen MR) is 77.1 cm³/mol. The Kier molecular flexibility index (Phi) is 4.53. The van der Waals surface area contributed by atoms with Gasteiger partial charge in [0.2, 0.25) is 5.78 Å². The molecule has 0 N–H and O–H groups in total. The molecular weight excluding hydrogens is 276 g/mol. The number of carbonyl (C=O) groups excluding carboxylic acids is 2. The highest BCUT2D eigenvalue weighted by Crippen LogP contribution is 2.13. The molecule has 0 unspecified atom stereocenters. The second-order valence-electron chi connectivity index (χ2n) is 4.29. The molecule has 2 rings (SSSR count). The van der Waals surface area contributed by atoms with Crippen LogP contribution in [0.15, 0.2) is 54.6 Å². The fourth-order valence-corrected chi connectivity index (χ4v) is 1.92. The maximum atomic E-state index is 12.1. The minimum atomic E-state index is -0.844. The molecule has 0 amide bonds. The van der Waals surface area contributed by atoms with Crippen LogP contribution in [0.3, 0.4) is 0 Å². The summed E-state index contributed by atoms with van der Waals surface area (Å²) in [5, 5.41) is 0.446. The normalized spacial score (nSPS) is 11.7. The van der Waals surface area contributed by atoms with E-state index in [1.807, 2.05) is 6.07 Å². The van der Waals surface area contributed by atoms with Gasteiger partial charge in [0.15, 0.2) is 6.10 Å². The van der Waals surface area contributed by atoms with Gasteiger partial charge in [-0.1, -0.05) is 48.0 Å². The lowest BCUT2D eigenvalue weighted by molar-refractivity contribution is 0.0319. The van der Waals surface area contributed by atoms with Crippen molar-refractivity contribution in [2.45, 2.75) is 13.0 Å². The number of esters is 1. The summed E-state index contributed by atoms with van der Waals surface area (Å²) >= 11 is 5.81. The highest BCUT2D eigenvalue weighted by molar-refractivity contribution is 6.30. The molecule has 0 aliphatic rings. The molecule has 1 atom stereocenters. The topological polar surface area (TPSA) is 43.4 Å². The van der Waals surface area contributed by atoms with Crippen molar-refractivity contribution in [1.82, 2.24) is 0 Å². The molecule has 0 aliphatic carbocycles. The van der Waals surface area contributed by atoms with Crippen molar-refractivity contribution in [3.8, 4) is 0 Å². The van der Waals surface area contributed by atoms with E-state index in [1.54, 1.807) is 49.4 Å². The van der Waals surface area contributed by atoms with E-state index in [0.717, 1.165) is 0 Å². The lowest BCUT2D eigenvalue weighted by Crippen LogP contribution is -2.24. The predicted octanol–water partition coefficient (Wildman–Crippen LogP) is 3.77. The molecule has 0 spiro atoms. The van der Waals surface area contributed by atoms with Crippen LogP contribution in [0.2, 0.25) is 5.02 Å². The van der Waals surface area contributed by atoms with Gasteiger partial charge in [-0.15, -0.1) is 0 Å². The summed E-state index contributed by atoms with van der Waals surface area (Å²) < 4.78 is 5.16. The SMILES string of the molecule is C[C@@H](OC(=O)c1cccc(Cl)c1)C(=O)c1ccccc1. The maximum Gasteiger partial charge on any atom is 0.338 e. The molecule has 0 aliphatic heterocycles.